The molecule has 0 radical (unpaired) electrons. The zero-order valence-corrected chi connectivity index (χ0v) is 10.5. The highest BCUT2D eigenvalue weighted by molar-refractivity contribution is 6.04. The lowest BCUT2D eigenvalue weighted by Gasteiger charge is -2.09. The second-order valence-electron chi connectivity index (χ2n) is 4.25. The third-order valence-electron chi connectivity index (χ3n) is 2.75. The molecule has 2 aromatic rings. The van der Waals surface area contributed by atoms with Crippen molar-refractivity contribution in [2.75, 3.05) is 11.1 Å². The third-order valence-corrected chi connectivity index (χ3v) is 2.75. The number of nitrogens with two attached hydrogens (primary N) is 1. The number of nitrogens with one attached hydrogen (secondary N) is 1. The molecule has 0 fully saturated rings. The molecule has 2 rings (SSSR count). The fraction of sp³-hybridized carbons (Fsp3) is 0.0714. The molecule has 104 valence electrons. The van der Waals surface area contributed by atoms with Gasteiger partial charge in [0.15, 0.2) is 0 Å². The Labute approximate surface area is 113 Å². The van der Waals surface area contributed by atoms with Crippen LogP contribution in [0.2, 0.25) is 0 Å². The second-order valence-corrected chi connectivity index (χ2v) is 4.25. The molecule has 0 aromatic heterocycles. The molecule has 3 N–H and O–H groups in total. The monoisotopic (exact) mass is 280 g/mol. The Kier molecular flexibility index (Phi) is 3.65. The summed E-state index contributed by atoms with van der Waals surface area (Å²) < 4.78 is 40.8. The van der Waals surface area contributed by atoms with E-state index < -0.39 is 28.9 Å². The maximum absolute atomic E-state index is 13.8. The largest absolute Gasteiger partial charge is 0.399 e. The fourth-order valence-corrected chi connectivity index (χ4v) is 1.68. The molecule has 0 aliphatic rings. The number of hydrogen-bond donors (Lipinski definition) is 2. The van der Waals surface area contributed by atoms with E-state index in [-0.39, 0.29) is 16.9 Å². The predicted octanol–water partition coefficient (Wildman–Crippen LogP) is 3.25. The summed E-state index contributed by atoms with van der Waals surface area (Å²) in [7, 11) is 0. The zero-order chi connectivity index (χ0) is 14.9. The first-order chi connectivity index (χ1) is 9.40. The number of carbonyl (C=O) groups excluding carboxylic acids is 1. The van der Waals surface area contributed by atoms with Crippen molar-refractivity contribution >= 4 is 17.3 Å². The van der Waals surface area contributed by atoms with Gasteiger partial charge >= 0.3 is 0 Å². The number of hydrogen-bond acceptors (Lipinski definition) is 2. The Balaban J connectivity index is 2.36. The number of amides is 1. The van der Waals surface area contributed by atoms with Crippen LogP contribution in [0.1, 0.15) is 15.9 Å². The maximum atomic E-state index is 13.8. The summed E-state index contributed by atoms with van der Waals surface area (Å²) in [6.45, 7) is 1.40. The number of halogens is 3. The topological polar surface area (TPSA) is 55.1 Å². The van der Waals surface area contributed by atoms with E-state index in [1.54, 1.807) is 0 Å². The minimum absolute atomic E-state index is 0.120. The van der Waals surface area contributed by atoms with Gasteiger partial charge < -0.3 is 11.1 Å². The molecule has 3 nitrogen and oxygen atoms in total. The van der Waals surface area contributed by atoms with Crippen molar-refractivity contribution in [2.45, 2.75) is 6.92 Å². The normalized spacial score (nSPS) is 10.4. The molecular weight excluding hydrogens is 269 g/mol. The van der Waals surface area contributed by atoms with Crippen molar-refractivity contribution in [2.24, 2.45) is 0 Å². The third kappa shape index (κ3) is 2.59. The predicted molar refractivity (Wildman–Crippen MR) is 69.9 cm³/mol. The highest BCUT2D eigenvalue weighted by Crippen LogP contribution is 2.21. The number of rotatable bonds is 2. The van der Waals surface area contributed by atoms with Crippen molar-refractivity contribution in [3.05, 3.63) is 58.9 Å². The molecule has 0 heterocycles. The van der Waals surface area contributed by atoms with Gasteiger partial charge in [0.1, 0.15) is 23.0 Å². The summed E-state index contributed by atoms with van der Waals surface area (Å²) >= 11 is 0. The zero-order valence-electron chi connectivity index (χ0n) is 10.5. The number of aryl methyl sites for hydroxylation is 1. The van der Waals surface area contributed by atoms with Gasteiger partial charge in [0.05, 0.1) is 5.69 Å². The molecule has 6 heteroatoms. The van der Waals surface area contributed by atoms with Gasteiger partial charge in [-0.25, -0.2) is 13.2 Å². The second kappa shape index (κ2) is 5.24. The van der Waals surface area contributed by atoms with Crippen molar-refractivity contribution in [3.8, 4) is 0 Å². The summed E-state index contributed by atoms with van der Waals surface area (Å²) in [5.74, 6) is -3.83. The van der Waals surface area contributed by atoms with E-state index in [1.165, 1.54) is 25.1 Å². The Morgan fingerprint density at radius 2 is 1.80 bits per heavy atom. The van der Waals surface area contributed by atoms with Gasteiger partial charge in [-0.1, -0.05) is 6.07 Å². The van der Waals surface area contributed by atoms with E-state index in [9.17, 15) is 18.0 Å². The van der Waals surface area contributed by atoms with E-state index in [1.807, 2.05) is 0 Å². The van der Waals surface area contributed by atoms with Gasteiger partial charge in [-0.2, -0.15) is 0 Å². The van der Waals surface area contributed by atoms with Crippen LogP contribution >= 0.6 is 0 Å². The molecule has 1 amide bonds. The number of carbonyl (C=O) groups is 1. The highest BCUT2D eigenvalue weighted by Gasteiger charge is 2.20. The molecule has 20 heavy (non-hydrogen) atoms. The number of anilines is 2. The van der Waals surface area contributed by atoms with Crippen LogP contribution in [0.15, 0.2) is 30.3 Å². The standard InChI is InChI=1S/C14H11F3N2O/c1-7-2-4-9(15)12(13(7)17)14(20)19-11-5-3-8(18)6-10(11)16/h2-6H,18H2,1H3,(H,19,20). The van der Waals surface area contributed by atoms with E-state index in [0.29, 0.717) is 0 Å². The Morgan fingerprint density at radius 3 is 2.45 bits per heavy atom. The van der Waals surface area contributed by atoms with Crippen molar-refractivity contribution in [3.63, 3.8) is 0 Å². The van der Waals surface area contributed by atoms with E-state index in [0.717, 1.165) is 12.1 Å². The van der Waals surface area contributed by atoms with E-state index in [2.05, 4.69) is 5.32 Å². The van der Waals surface area contributed by atoms with E-state index >= 15 is 0 Å². The van der Waals surface area contributed by atoms with Crippen molar-refractivity contribution in [1.29, 1.82) is 0 Å². The molecule has 2 aromatic carbocycles. The minimum Gasteiger partial charge on any atom is -0.399 e. The first kappa shape index (κ1) is 13.9. The molecule has 0 atom stereocenters. The van der Waals surface area contributed by atoms with Crippen molar-refractivity contribution in [1.82, 2.24) is 0 Å². The van der Waals surface area contributed by atoms with Crippen LogP contribution in [0.25, 0.3) is 0 Å². The Morgan fingerprint density at radius 1 is 1.10 bits per heavy atom. The van der Waals surface area contributed by atoms with Crippen LogP contribution in [-0.4, -0.2) is 5.91 Å². The van der Waals surface area contributed by atoms with Gasteiger partial charge in [0.25, 0.3) is 5.91 Å². The van der Waals surface area contributed by atoms with Crippen molar-refractivity contribution < 1.29 is 18.0 Å². The maximum Gasteiger partial charge on any atom is 0.261 e. The molecule has 0 aliphatic heterocycles. The summed E-state index contributed by atoms with van der Waals surface area (Å²) in [4.78, 5) is 11.9. The van der Waals surface area contributed by atoms with E-state index in [4.69, 9.17) is 5.73 Å². The van der Waals surface area contributed by atoms with Crippen LogP contribution in [0.3, 0.4) is 0 Å². The van der Waals surface area contributed by atoms with Gasteiger partial charge in [-0.15, -0.1) is 0 Å². The SMILES string of the molecule is Cc1ccc(F)c(C(=O)Nc2ccc(N)cc2F)c1F. The lowest BCUT2D eigenvalue weighted by molar-refractivity contribution is 0.101. The molecular formula is C14H11F3N2O. The Bertz CT molecular complexity index is 686. The highest BCUT2D eigenvalue weighted by atomic mass is 19.1. The summed E-state index contributed by atoms with van der Waals surface area (Å²) in [5.41, 5.74) is 4.71. The summed E-state index contributed by atoms with van der Waals surface area (Å²) in [5, 5.41) is 2.11. The molecule has 0 bridgehead atoms. The van der Waals surface area contributed by atoms with Crippen LogP contribution in [0.4, 0.5) is 24.5 Å². The van der Waals surface area contributed by atoms with Crippen LogP contribution in [-0.2, 0) is 0 Å². The quantitative estimate of drug-likeness (QED) is 0.830. The number of benzene rings is 2. The summed E-state index contributed by atoms with van der Waals surface area (Å²) in [6, 6.07) is 5.77. The fourth-order valence-electron chi connectivity index (χ4n) is 1.68. The summed E-state index contributed by atoms with van der Waals surface area (Å²) in [6.07, 6.45) is 0. The van der Waals surface area contributed by atoms with Crippen LogP contribution in [0.5, 0.6) is 0 Å². The van der Waals surface area contributed by atoms with Crippen LogP contribution in [0, 0.1) is 24.4 Å². The first-order valence-corrected chi connectivity index (χ1v) is 5.71. The first-order valence-electron chi connectivity index (χ1n) is 5.71. The van der Waals surface area contributed by atoms with Gasteiger partial charge in [-0.3, -0.25) is 4.79 Å². The number of nitrogen functional groups attached to an aromatic ring is 1. The molecule has 0 saturated carbocycles. The van der Waals surface area contributed by atoms with Gasteiger partial charge in [0.2, 0.25) is 0 Å². The Hall–Kier alpha value is -2.50. The molecule has 0 unspecified atom stereocenters. The smallest absolute Gasteiger partial charge is 0.261 e. The lowest BCUT2D eigenvalue weighted by Crippen LogP contribution is -2.17. The van der Waals surface area contributed by atoms with Crippen LogP contribution < -0.4 is 11.1 Å². The lowest BCUT2D eigenvalue weighted by atomic mass is 10.1. The molecule has 0 aliphatic carbocycles. The average molecular weight is 280 g/mol. The molecule has 0 spiro atoms. The van der Waals surface area contributed by atoms with Gasteiger partial charge in [-0.05, 0) is 36.8 Å². The minimum atomic E-state index is -1.06. The average Bonchev–Trinajstić information content (AvgIpc) is 2.38. The molecule has 0 saturated heterocycles. The van der Waals surface area contributed by atoms with Gasteiger partial charge in [0, 0.05) is 5.69 Å².